The Hall–Kier alpha value is -1.64. The Balaban J connectivity index is 0.00000225. The SMILES string of the molecule is CC1CCCN(C(N)=NCC(C)c2nc(-c3ccccc3)no2)C1.I. The maximum absolute atomic E-state index is 6.14. The average molecular weight is 455 g/mol. The fourth-order valence-electron chi connectivity index (χ4n) is 2.95. The lowest BCUT2D eigenvalue weighted by atomic mass is 10.0. The Morgan fingerprint density at radius 3 is 2.88 bits per heavy atom. The third kappa shape index (κ3) is 5.17. The summed E-state index contributed by atoms with van der Waals surface area (Å²) in [6, 6.07) is 9.81. The topological polar surface area (TPSA) is 80.5 Å². The number of hydrogen-bond acceptors (Lipinski definition) is 4. The molecule has 3 rings (SSSR count). The predicted octanol–water partition coefficient (Wildman–Crippen LogP) is 3.50. The molecule has 25 heavy (non-hydrogen) atoms. The van der Waals surface area contributed by atoms with Crippen molar-refractivity contribution in [1.29, 1.82) is 0 Å². The zero-order valence-corrected chi connectivity index (χ0v) is 17.1. The summed E-state index contributed by atoms with van der Waals surface area (Å²) in [4.78, 5) is 11.2. The second-order valence-electron chi connectivity index (χ2n) is 6.62. The monoisotopic (exact) mass is 455 g/mol. The van der Waals surface area contributed by atoms with Crippen molar-refractivity contribution in [2.24, 2.45) is 16.6 Å². The van der Waals surface area contributed by atoms with E-state index in [1.54, 1.807) is 0 Å². The third-order valence-corrected chi connectivity index (χ3v) is 4.40. The molecule has 2 unspecified atom stereocenters. The van der Waals surface area contributed by atoms with Gasteiger partial charge in [-0.1, -0.05) is 49.3 Å². The highest BCUT2D eigenvalue weighted by atomic mass is 127. The van der Waals surface area contributed by atoms with Gasteiger partial charge in [-0.05, 0) is 18.8 Å². The Labute approximate surface area is 165 Å². The number of aromatic nitrogens is 2. The van der Waals surface area contributed by atoms with Crippen LogP contribution in [-0.2, 0) is 0 Å². The van der Waals surface area contributed by atoms with Crippen LogP contribution < -0.4 is 5.73 Å². The quantitative estimate of drug-likeness (QED) is 0.434. The Kier molecular flexibility index (Phi) is 7.22. The zero-order valence-electron chi connectivity index (χ0n) is 14.8. The summed E-state index contributed by atoms with van der Waals surface area (Å²) in [5, 5.41) is 4.06. The molecule has 0 radical (unpaired) electrons. The van der Waals surface area contributed by atoms with E-state index in [1.165, 1.54) is 12.8 Å². The molecule has 1 aliphatic rings. The standard InChI is InChI=1S/C18H25N5O.HI/c1-13-7-6-10-23(12-13)18(19)20-11-14(2)17-21-16(22-24-17)15-8-4-3-5-9-15;/h3-5,8-9,13-14H,6-7,10-12H2,1-2H3,(H2,19,20);1H. The van der Waals surface area contributed by atoms with Crippen LogP contribution in [-0.4, -0.2) is 40.6 Å². The van der Waals surface area contributed by atoms with Crippen molar-refractivity contribution in [1.82, 2.24) is 15.0 Å². The highest BCUT2D eigenvalue weighted by Gasteiger charge is 2.19. The van der Waals surface area contributed by atoms with Crippen molar-refractivity contribution in [3.8, 4) is 11.4 Å². The Morgan fingerprint density at radius 1 is 1.40 bits per heavy atom. The molecule has 136 valence electrons. The van der Waals surface area contributed by atoms with E-state index in [0.29, 0.717) is 30.1 Å². The van der Waals surface area contributed by atoms with E-state index in [1.807, 2.05) is 37.3 Å². The fourth-order valence-corrected chi connectivity index (χ4v) is 2.95. The molecule has 1 fully saturated rings. The third-order valence-electron chi connectivity index (χ3n) is 4.40. The molecule has 0 spiro atoms. The zero-order chi connectivity index (χ0) is 16.9. The van der Waals surface area contributed by atoms with Crippen molar-refractivity contribution in [3.05, 3.63) is 36.2 Å². The second-order valence-corrected chi connectivity index (χ2v) is 6.62. The number of piperidine rings is 1. The normalized spacial score (nSPS) is 19.4. The van der Waals surface area contributed by atoms with E-state index in [-0.39, 0.29) is 29.9 Å². The number of guanidine groups is 1. The van der Waals surface area contributed by atoms with Crippen LogP contribution in [0.5, 0.6) is 0 Å². The highest BCUT2D eigenvalue weighted by Crippen LogP contribution is 2.20. The van der Waals surface area contributed by atoms with Crippen molar-refractivity contribution < 1.29 is 4.52 Å². The molecule has 2 N–H and O–H groups in total. The summed E-state index contributed by atoms with van der Waals surface area (Å²) in [7, 11) is 0. The van der Waals surface area contributed by atoms with Gasteiger partial charge in [-0.15, -0.1) is 24.0 Å². The van der Waals surface area contributed by atoms with Gasteiger partial charge in [0, 0.05) is 18.7 Å². The minimum absolute atomic E-state index is 0. The van der Waals surface area contributed by atoms with Crippen LogP contribution in [0, 0.1) is 5.92 Å². The van der Waals surface area contributed by atoms with Gasteiger partial charge < -0.3 is 15.2 Å². The first-order chi connectivity index (χ1) is 11.6. The van der Waals surface area contributed by atoms with E-state index in [2.05, 4.69) is 27.0 Å². The molecule has 1 aromatic heterocycles. The smallest absolute Gasteiger partial charge is 0.231 e. The molecular weight excluding hydrogens is 429 g/mol. The molecule has 0 amide bonds. The molecule has 7 heteroatoms. The summed E-state index contributed by atoms with van der Waals surface area (Å²) >= 11 is 0. The average Bonchev–Trinajstić information content (AvgIpc) is 3.10. The molecule has 2 aromatic rings. The minimum atomic E-state index is 0. The Morgan fingerprint density at radius 2 is 2.16 bits per heavy atom. The molecule has 2 heterocycles. The number of benzene rings is 1. The van der Waals surface area contributed by atoms with Gasteiger partial charge in [0.25, 0.3) is 0 Å². The van der Waals surface area contributed by atoms with Gasteiger partial charge in [0.05, 0.1) is 12.5 Å². The van der Waals surface area contributed by atoms with Crippen LogP contribution in [0.15, 0.2) is 39.8 Å². The summed E-state index contributed by atoms with van der Waals surface area (Å²) < 4.78 is 5.39. The van der Waals surface area contributed by atoms with Crippen LogP contribution in [0.4, 0.5) is 0 Å². The van der Waals surface area contributed by atoms with E-state index < -0.39 is 0 Å². The van der Waals surface area contributed by atoms with Gasteiger partial charge in [-0.25, -0.2) is 0 Å². The van der Waals surface area contributed by atoms with Crippen LogP contribution in [0.25, 0.3) is 11.4 Å². The van der Waals surface area contributed by atoms with Gasteiger partial charge >= 0.3 is 0 Å². The predicted molar refractivity (Wildman–Crippen MR) is 110 cm³/mol. The van der Waals surface area contributed by atoms with Crippen LogP contribution >= 0.6 is 24.0 Å². The van der Waals surface area contributed by atoms with E-state index in [4.69, 9.17) is 10.3 Å². The number of nitrogens with two attached hydrogens (primary N) is 1. The molecule has 1 aliphatic heterocycles. The molecule has 0 saturated carbocycles. The molecule has 2 atom stereocenters. The first-order valence-corrected chi connectivity index (χ1v) is 8.57. The summed E-state index contributed by atoms with van der Waals surface area (Å²) in [5.74, 6) is 2.54. The molecule has 0 aliphatic carbocycles. The molecule has 0 bridgehead atoms. The van der Waals surface area contributed by atoms with Crippen LogP contribution in [0.1, 0.15) is 38.5 Å². The Bertz CT molecular complexity index is 688. The second kappa shape index (κ2) is 9.17. The van der Waals surface area contributed by atoms with Crippen molar-refractivity contribution >= 4 is 29.9 Å². The summed E-state index contributed by atoms with van der Waals surface area (Å²) in [6.45, 7) is 6.81. The van der Waals surface area contributed by atoms with Gasteiger partial charge in [-0.2, -0.15) is 4.98 Å². The van der Waals surface area contributed by atoms with Gasteiger partial charge in [0.15, 0.2) is 5.96 Å². The van der Waals surface area contributed by atoms with Gasteiger partial charge in [0.1, 0.15) is 0 Å². The first kappa shape index (κ1) is 19.7. The maximum Gasteiger partial charge on any atom is 0.231 e. The summed E-state index contributed by atoms with van der Waals surface area (Å²) in [5.41, 5.74) is 7.09. The molecule has 6 nitrogen and oxygen atoms in total. The van der Waals surface area contributed by atoms with Gasteiger partial charge in [-0.3, -0.25) is 4.99 Å². The van der Waals surface area contributed by atoms with E-state index in [0.717, 1.165) is 18.7 Å². The highest BCUT2D eigenvalue weighted by molar-refractivity contribution is 14.0. The maximum atomic E-state index is 6.14. The fraction of sp³-hybridized carbons (Fsp3) is 0.500. The number of halogens is 1. The van der Waals surface area contributed by atoms with Crippen LogP contribution in [0.3, 0.4) is 0 Å². The molecular formula is C18H26IN5O. The van der Waals surface area contributed by atoms with Crippen molar-refractivity contribution in [2.75, 3.05) is 19.6 Å². The number of nitrogens with zero attached hydrogens (tertiary/aromatic N) is 4. The van der Waals surface area contributed by atoms with Crippen molar-refractivity contribution in [3.63, 3.8) is 0 Å². The lowest BCUT2D eigenvalue weighted by molar-refractivity contribution is 0.270. The van der Waals surface area contributed by atoms with E-state index >= 15 is 0 Å². The van der Waals surface area contributed by atoms with Crippen LogP contribution in [0.2, 0.25) is 0 Å². The lowest BCUT2D eigenvalue weighted by Crippen LogP contribution is -2.43. The molecule has 1 aromatic carbocycles. The van der Waals surface area contributed by atoms with E-state index in [9.17, 15) is 0 Å². The molecule has 1 saturated heterocycles. The first-order valence-electron chi connectivity index (χ1n) is 8.57. The summed E-state index contributed by atoms with van der Waals surface area (Å²) in [6.07, 6.45) is 2.45. The number of aliphatic imine (C=N–C) groups is 1. The largest absolute Gasteiger partial charge is 0.370 e. The number of rotatable bonds is 4. The van der Waals surface area contributed by atoms with Crippen molar-refractivity contribution in [2.45, 2.75) is 32.6 Å². The number of hydrogen-bond donors (Lipinski definition) is 1. The van der Waals surface area contributed by atoms with Gasteiger partial charge in [0.2, 0.25) is 11.7 Å². The lowest BCUT2D eigenvalue weighted by Gasteiger charge is -2.31. The minimum Gasteiger partial charge on any atom is -0.370 e. The number of likely N-dealkylation sites (tertiary alicyclic amines) is 1.